The summed E-state index contributed by atoms with van der Waals surface area (Å²) in [5.41, 5.74) is 5.49. The second-order valence-corrected chi connectivity index (χ2v) is 5.85. The summed E-state index contributed by atoms with van der Waals surface area (Å²) in [6.45, 7) is 0.600. The highest BCUT2D eigenvalue weighted by Crippen LogP contribution is 2.24. The van der Waals surface area contributed by atoms with Crippen molar-refractivity contribution >= 4 is 34.2 Å². The third-order valence-corrected chi connectivity index (χ3v) is 4.17. The van der Waals surface area contributed by atoms with Crippen LogP contribution in [0.1, 0.15) is 10.4 Å². The Morgan fingerprint density at radius 2 is 2.05 bits per heavy atom. The molecule has 1 heterocycles. The maximum Gasteiger partial charge on any atom is 0.182 e. The molecule has 0 unspecified atom stereocenters. The number of nitrogens with two attached hydrogens (primary N) is 1. The van der Waals surface area contributed by atoms with Gasteiger partial charge in [0.05, 0.1) is 5.69 Å². The van der Waals surface area contributed by atoms with Gasteiger partial charge in [0, 0.05) is 24.0 Å². The predicted molar refractivity (Wildman–Crippen MR) is 83.5 cm³/mol. The van der Waals surface area contributed by atoms with E-state index in [1.165, 1.54) is 17.0 Å². The Balaban J connectivity index is 2.16. The SMILES string of the molecule is CN(CCc1cccs1)c1ccc(C(N)=S)c(F)c1F. The molecule has 2 aromatic rings. The molecule has 0 saturated heterocycles. The van der Waals surface area contributed by atoms with E-state index in [-0.39, 0.29) is 16.2 Å². The van der Waals surface area contributed by atoms with Crippen LogP contribution in [-0.4, -0.2) is 18.6 Å². The van der Waals surface area contributed by atoms with Crippen LogP contribution in [0.2, 0.25) is 0 Å². The van der Waals surface area contributed by atoms with Crippen LogP contribution in [0.15, 0.2) is 29.6 Å². The summed E-state index contributed by atoms with van der Waals surface area (Å²) in [4.78, 5) is 2.74. The highest BCUT2D eigenvalue weighted by molar-refractivity contribution is 7.80. The summed E-state index contributed by atoms with van der Waals surface area (Å²) in [5.74, 6) is -1.90. The zero-order valence-electron chi connectivity index (χ0n) is 10.9. The Morgan fingerprint density at radius 3 is 2.65 bits per heavy atom. The predicted octanol–water partition coefficient (Wildman–Crippen LogP) is 3.34. The van der Waals surface area contributed by atoms with Crippen LogP contribution in [0.3, 0.4) is 0 Å². The van der Waals surface area contributed by atoms with Gasteiger partial charge in [0.15, 0.2) is 11.6 Å². The van der Waals surface area contributed by atoms with E-state index in [9.17, 15) is 8.78 Å². The molecule has 2 rings (SSSR count). The van der Waals surface area contributed by atoms with Crippen molar-refractivity contribution in [3.63, 3.8) is 0 Å². The number of hydrogen-bond acceptors (Lipinski definition) is 3. The van der Waals surface area contributed by atoms with E-state index in [4.69, 9.17) is 5.73 Å². The van der Waals surface area contributed by atoms with Gasteiger partial charge in [0.2, 0.25) is 0 Å². The molecule has 1 aromatic carbocycles. The lowest BCUT2D eigenvalue weighted by Gasteiger charge is -2.20. The standard InChI is InChI=1S/C14H14F2N2S2/c1-18(7-6-9-3-2-8-20-9)11-5-4-10(14(17)19)12(15)13(11)16/h2-5,8H,6-7H2,1H3,(H2,17,19). The third kappa shape index (κ3) is 3.13. The van der Waals surface area contributed by atoms with E-state index in [1.54, 1.807) is 23.3 Å². The maximum absolute atomic E-state index is 14.0. The summed E-state index contributed by atoms with van der Waals surface area (Å²) >= 11 is 6.33. The van der Waals surface area contributed by atoms with E-state index in [2.05, 4.69) is 12.2 Å². The fourth-order valence-corrected chi connectivity index (χ4v) is 2.73. The highest BCUT2D eigenvalue weighted by atomic mass is 32.1. The summed E-state index contributed by atoms with van der Waals surface area (Å²) in [5, 5.41) is 1.99. The Morgan fingerprint density at radius 1 is 1.30 bits per heavy atom. The Kier molecular flexibility index (Phi) is 4.67. The maximum atomic E-state index is 14.0. The number of thiocarbonyl (C=S) groups is 1. The lowest BCUT2D eigenvalue weighted by Crippen LogP contribution is -2.22. The van der Waals surface area contributed by atoms with Gasteiger partial charge in [-0.15, -0.1) is 11.3 Å². The minimum absolute atomic E-state index is 0.0621. The minimum Gasteiger partial charge on any atom is -0.389 e. The second-order valence-electron chi connectivity index (χ2n) is 4.38. The number of thiophene rings is 1. The summed E-state index contributed by atoms with van der Waals surface area (Å²) in [6.07, 6.45) is 0.784. The molecule has 2 N–H and O–H groups in total. The molecule has 0 aliphatic carbocycles. The van der Waals surface area contributed by atoms with Gasteiger partial charge < -0.3 is 10.6 Å². The van der Waals surface area contributed by atoms with Gasteiger partial charge in [-0.2, -0.15) is 0 Å². The lowest BCUT2D eigenvalue weighted by molar-refractivity contribution is 0.506. The molecule has 2 nitrogen and oxygen atoms in total. The number of hydrogen-bond donors (Lipinski definition) is 1. The average molecular weight is 312 g/mol. The van der Waals surface area contributed by atoms with Crippen LogP contribution in [-0.2, 0) is 6.42 Å². The zero-order valence-corrected chi connectivity index (χ0v) is 12.5. The topological polar surface area (TPSA) is 29.3 Å². The summed E-state index contributed by atoms with van der Waals surface area (Å²) in [7, 11) is 1.73. The Hall–Kier alpha value is -1.53. The first-order chi connectivity index (χ1) is 9.50. The first-order valence-corrected chi connectivity index (χ1v) is 7.31. The molecular weight excluding hydrogens is 298 g/mol. The van der Waals surface area contributed by atoms with Crippen LogP contribution >= 0.6 is 23.6 Å². The summed E-state index contributed by atoms with van der Waals surface area (Å²) < 4.78 is 27.8. The largest absolute Gasteiger partial charge is 0.389 e. The van der Waals surface area contributed by atoms with E-state index in [0.29, 0.717) is 6.54 Å². The number of likely N-dealkylation sites (N-methyl/N-ethyl adjacent to an activating group) is 1. The average Bonchev–Trinajstić information content (AvgIpc) is 2.92. The van der Waals surface area contributed by atoms with E-state index >= 15 is 0 Å². The van der Waals surface area contributed by atoms with E-state index in [1.807, 2.05) is 17.5 Å². The molecule has 1 aromatic heterocycles. The fraction of sp³-hybridized carbons (Fsp3) is 0.214. The van der Waals surface area contributed by atoms with Crippen molar-refractivity contribution in [1.29, 1.82) is 0 Å². The highest BCUT2D eigenvalue weighted by Gasteiger charge is 2.17. The van der Waals surface area contributed by atoms with Crippen molar-refractivity contribution in [2.24, 2.45) is 5.73 Å². The molecule has 0 atom stereocenters. The number of halogens is 2. The van der Waals surface area contributed by atoms with Crippen molar-refractivity contribution in [2.45, 2.75) is 6.42 Å². The smallest absolute Gasteiger partial charge is 0.182 e. The first kappa shape index (κ1) is 14.9. The Labute approximate surface area is 125 Å². The van der Waals surface area contributed by atoms with Crippen LogP contribution in [0.25, 0.3) is 0 Å². The molecule has 0 spiro atoms. The minimum atomic E-state index is -0.988. The molecule has 0 aliphatic rings. The fourth-order valence-electron chi connectivity index (χ4n) is 1.88. The van der Waals surface area contributed by atoms with Crippen LogP contribution in [0, 0.1) is 11.6 Å². The van der Waals surface area contributed by atoms with Gasteiger partial charge in [-0.1, -0.05) is 18.3 Å². The van der Waals surface area contributed by atoms with Gasteiger partial charge in [0.1, 0.15) is 4.99 Å². The van der Waals surface area contributed by atoms with Crippen molar-refractivity contribution in [1.82, 2.24) is 0 Å². The number of nitrogens with zero attached hydrogens (tertiary/aromatic N) is 1. The quantitative estimate of drug-likeness (QED) is 0.859. The van der Waals surface area contributed by atoms with Crippen LogP contribution in [0.4, 0.5) is 14.5 Å². The molecule has 0 radical (unpaired) electrons. The van der Waals surface area contributed by atoms with Gasteiger partial charge in [-0.25, -0.2) is 8.78 Å². The molecule has 0 bridgehead atoms. The van der Waals surface area contributed by atoms with Crippen molar-refractivity contribution in [3.05, 3.63) is 51.7 Å². The number of anilines is 1. The molecule has 0 aliphatic heterocycles. The van der Waals surface area contributed by atoms with Gasteiger partial charge >= 0.3 is 0 Å². The monoisotopic (exact) mass is 312 g/mol. The number of benzene rings is 1. The Bertz CT molecular complexity index is 612. The molecule has 106 valence electrons. The molecule has 0 fully saturated rings. The van der Waals surface area contributed by atoms with Crippen LogP contribution in [0.5, 0.6) is 0 Å². The zero-order chi connectivity index (χ0) is 14.7. The van der Waals surface area contributed by atoms with E-state index < -0.39 is 11.6 Å². The first-order valence-electron chi connectivity index (χ1n) is 6.02. The van der Waals surface area contributed by atoms with Crippen molar-refractivity contribution in [2.75, 3.05) is 18.5 Å². The van der Waals surface area contributed by atoms with E-state index in [0.717, 1.165) is 6.42 Å². The second kappa shape index (κ2) is 6.28. The van der Waals surface area contributed by atoms with Gasteiger partial charge in [-0.3, -0.25) is 0 Å². The molecule has 0 amide bonds. The van der Waals surface area contributed by atoms with Crippen molar-refractivity contribution < 1.29 is 8.78 Å². The van der Waals surface area contributed by atoms with Gasteiger partial charge in [0.25, 0.3) is 0 Å². The molecule has 6 heteroatoms. The normalized spacial score (nSPS) is 10.6. The molecule has 20 heavy (non-hydrogen) atoms. The van der Waals surface area contributed by atoms with Crippen molar-refractivity contribution in [3.8, 4) is 0 Å². The molecule has 0 saturated carbocycles. The lowest BCUT2D eigenvalue weighted by atomic mass is 10.1. The van der Waals surface area contributed by atoms with Gasteiger partial charge in [-0.05, 0) is 30.0 Å². The molecular formula is C14H14F2N2S2. The van der Waals surface area contributed by atoms with Crippen LogP contribution < -0.4 is 10.6 Å². The third-order valence-electron chi connectivity index (χ3n) is 3.01. The number of rotatable bonds is 5. The summed E-state index contributed by atoms with van der Waals surface area (Å²) in [6, 6.07) is 6.90.